The molecule has 2 rings (SSSR count). The summed E-state index contributed by atoms with van der Waals surface area (Å²) in [6.45, 7) is 13.1. The first-order valence-electron chi connectivity index (χ1n) is 11.0. The molecule has 3 atom stereocenters. The number of allylic oxidation sites excluding steroid dienone is 4. The Morgan fingerprint density at radius 3 is 2.71 bits per heavy atom. The number of aliphatic hydroxyl groups is 1. The minimum Gasteiger partial charge on any atom is -0.394 e. The van der Waals surface area contributed by atoms with E-state index >= 15 is 0 Å². The molecule has 2 aliphatic rings. The van der Waals surface area contributed by atoms with Crippen molar-refractivity contribution in [3.63, 3.8) is 0 Å². The Morgan fingerprint density at radius 1 is 1.29 bits per heavy atom. The van der Waals surface area contributed by atoms with Crippen LogP contribution in [-0.4, -0.2) is 43.2 Å². The Kier molecular flexibility index (Phi) is 9.42. The first kappa shape index (κ1) is 23.3. The lowest BCUT2D eigenvalue weighted by atomic mass is 9.84. The van der Waals surface area contributed by atoms with Crippen LogP contribution in [0.5, 0.6) is 0 Å². The average molecular weight is 392 g/mol. The number of nitrogens with two attached hydrogens (primary N) is 1. The molecule has 4 heteroatoms. The summed E-state index contributed by atoms with van der Waals surface area (Å²) in [6.07, 6.45) is 11.6. The van der Waals surface area contributed by atoms with E-state index < -0.39 is 5.54 Å². The van der Waals surface area contributed by atoms with Crippen LogP contribution in [0.25, 0.3) is 0 Å². The van der Waals surface area contributed by atoms with E-state index in [9.17, 15) is 5.11 Å². The van der Waals surface area contributed by atoms with E-state index in [2.05, 4.69) is 39.5 Å². The van der Waals surface area contributed by atoms with Gasteiger partial charge in [-0.05, 0) is 74.9 Å². The zero-order valence-electron chi connectivity index (χ0n) is 18.2. The minimum atomic E-state index is -0.418. The summed E-state index contributed by atoms with van der Waals surface area (Å²) in [4.78, 5) is 0. The van der Waals surface area contributed by atoms with Crippen LogP contribution in [0.2, 0.25) is 0 Å². The van der Waals surface area contributed by atoms with Crippen molar-refractivity contribution in [1.29, 1.82) is 0 Å². The fraction of sp³-hybridized carbons (Fsp3) is 0.750. The molecular weight excluding hydrogens is 350 g/mol. The van der Waals surface area contributed by atoms with Gasteiger partial charge in [-0.25, -0.2) is 0 Å². The second-order valence-corrected chi connectivity index (χ2v) is 9.05. The Morgan fingerprint density at radius 2 is 2.07 bits per heavy atom. The monoisotopic (exact) mass is 391 g/mol. The summed E-state index contributed by atoms with van der Waals surface area (Å²) in [6, 6.07) is 0. The third kappa shape index (κ3) is 7.14. The summed E-state index contributed by atoms with van der Waals surface area (Å²) < 4.78 is 11.7. The smallest absolute Gasteiger partial charge is 0.0704 e. The van der Waals surface area contributed by atoms with Crippen LogP contribution in [0.15, 0.2) is 35.5 Å². The molecule has 0 spiro atoms. The molecule has 0 unspecified atom stereocenters. The van der Waals surface area contributed by atoms with Crippen LogP contribution in [0, 0.1) is 11.8 Å². The summed E-state index contributed by atoms with van der Waals surface area (Å²) in [5.74, 6) is 1.07. The van der Waals surface area contributed by atoms with E-state index in [1.807, 2.05) is 0 Å². The van der Waals surface area contributed by atoms with Gasteiger partial charge in [-0.2, -0.15) is 0 Å². The van der Waals surface area contributed by atoms with E-state index in [1.165, 1.54) is 11.1 Å². The number of aliphatic hydroxyl groups excluding tert-OH is 1. The fourth-order valence-electron chi connectivity index (χ4n) is 4.22. The van der Waals surface area contributed by atoms with E-state index in [0.29, 0.717) is 25.0 Å². The maximum atomic E-state index is 9.50. The number of hydrogen-bond donors (Lipinski definition) is 2. The maximum Gasteiger partial charge on any atom is 0.0704 e. The zero-order chi connectivity index (χ0) is 20.6. The van der Waals surface area contributed by atoms with Gasteiger partial charge in [0.25, 0.3) is 0 Å². The van der Waals surface area contributed by atoms with Crippen molar-refractivity contribution >= 4 is 0 Å². The molecule has 0 aromatic rings. The third-order valence-electron chi connectivity index (χ3n) is 6.21. The topological polar surface area (TPSA) is 64.7 Å². The van der Waals surface area contributed by atoms with E-state index in [0.717, 1.165) is 57.1 Å². The average Bonchev–Trinajstić information content (AvgIpc) is 3.08. The molecule has 0 amide bonds. The van der Waals surface area contributed by atoms with Gasteiger partial charge in [0.1, 0.15) is 0 Å². The van der Waals surface area contributed by atoms with E-state index in [4.69, 9.17) is 15.2 Å². The van der Waals surface area contributed by atoms with Crippen LogP contribution < -0.4 is 5.73 Å². The largest absolute Gasteiger partial charge is 0.394 e. The van der Waals surface area contributed by atoms with Gasteiger partial charge in [0.15, 0.2) is 0 Å². The predicted octanol–water partition coefficient (Wildman–Crippen LogP) is 4.54. The number of ether oxygens (including phenoxy) is 2. The highest BCUT2D eigenvalue weighted by molar-refractivity contribution is 5.39. The molecule has 2 aliphatic carbocycles. The highest BCUT2D eigenvalue weighted by Crippen LogP contribution is 2.39. The molecule has 28 heavy (non-hydrogen) atoms. The Hall–Kier alpha value is -0.940. The summed E-state index contributed by atoms with van der Waals surface area (Å²) in [5, 5.41) is 9.50. The van der Waals surface area contributed by atoms with Gasteiger partial charge in [-0.15, -0.1) is 0 Å². The molecule has 0 aromatic heterocycles. The third-order valence-corrected chi connectivity index (χ3v) is 6.21. The molecule has 160 valence electrons. The first-order chi connectivity index (χ1) is 13.4. The SMILES string of the molecule is C=C(/C=C1/CC[C@H](OCCOCCC(C)C)C/C1=C/C)[C@H]1CC[C@](N)(CO)C1. The molecule has 0 bridgehead atoms. The molecular formula is C24H41NO3. The lowest BCUT2D eigenvalue weighted by molar-refractivity contribution is -0.00228. The quantitative estimate of drug-likeness (QED) is 0.537. The van der Waals surface area contributed by atoms with Gasteiger partial charge < -0.3 is 20.3 Å². The Balaban J connectivity index is 1.78. The van der Waals surface area contributed by atoms with Gasteiger partial charge in [-0.1, -0.05) is 38.2 Å². The van der Waals surface area contributed by atoms with Crippen LogP contribution in [-0.2, 0) is 9.47 Å². The second-order valence-electron chi connectivity index (χ2n) is 9.05. The molecule has 2 fully saturated rings. The highest BCUT2D eigenvalue weighted by Gasteiger charge is 2.36. The van der Waals surface area contributed by atoms with Crippen molar-refractivity contribution in [3.05, 3.63) is 35.5 Å². The lowest BCUT2D eigenvalue weighted by Crippen LogP contribution is -2.40. The van der Waals surface area contributed by atoms with E-state index in [1.54, 1.807) is 0 Å². The molecule has 0 radical (unpaired) electrons. The molecule has 3 N–H and O–H groups in total. The molecule has 2 saturated carbocycles. The van der Waals surface area contributed by atoms with Gasteiger partial charge >= 0.3 is 0 Å². The van der Waals surface area contributed by atoms with Crippen LogP contribution in [0.1, 0.15) is 65.7 Å². The molecule has 0 saturated heterocycles. The number of rotatable bonds is 10. The zero-order valence-corrected chi connectivity index (χ0v) is 18.2. The normalized spacial score (nSPS) is 31.2. The van der Waals surface area contributed by atoms with Crippen molar-refractivity contribution in [1.82, 2.24) is 0 Å². The standard InChI is InChI=1S/C24H41NO3/c1-5-20-15-23(28-13-12-27-11-9-18(2)3)7-6-21(20)14-19(4)22-8-10-24(25,16-22)17-26/h5,14,18,22-23,26H,4,6-13,15-17,25H2,1-3H3/b20-5-,21-14-/t22-,23-,24+/m0/s1. The predicted molar refractivity (Wildman–Crippen MR) is 116 cm³/mol. The lowest BCUT2D eigenvalue weighted by Gasteiger charge is -2.28. The highest BCUT2D eigenvalue weighted by atomic mass is 16.5. The van der Waals surface area contributed by atoms with Gasteiger partial charge in [0.2, 0.25) is 0 Å². The van der Waals surface area contributed by atoms with Crippen LogP contribution in [0.4, 0.5) is 0 Å². The van der Waals surface area contributed by atoms with Gasteiger partial charge in [-0.3, -0.25) is 0 Å². The van der Waals surface area contributed by atoms with E-state index in [-0.39, 0.29) is 12.7 Å². The summed E-state index contributed by atoms with van der Waals surface area (Å²) in [7, 11) is 0. The fourth-order valence-corrected chi connectivity index (χ4v) is 4.22. The minimum absolute atomic E-state index is 0.0632. The molecule has 4 nitrogen and oxygen atoms in total. The maximum absolute atomic E-state index is 9.50. The van der Waals surface area contributed by atoms with Crippen molar-refractivity contribution in [2.45, 2.75) is 77.4 Å². The van der Waals surface area contributed by atoms with Crippen molar-refractivity contribution in [2.24, 2.45) is 17.6 Å². The van der Waals surface area contributed by atoms with Gasteiger partial charge in [0.05, 0.1) is 25.9 Å². The Labute approximate surface area is 171 Å². The summed E-state index contributed by atoms with van der Waals surface area (Å²) in [5.41, 5.74) is 9.74. The van der Waals surface area contributed by atoms with Crippen molar-refractivity contribution in [3.8, 4) is 0 Å². The first-order valence-corrected chi connectivity index (χ1v) is 11.0. The molecule has 0 aliphatic heterocycles. The van der Waals surface area contributed by atoms with Crippen LogP contribution >= 0.6 is 0 Å². The molecule has 0 heterocycles. The van der Waals surface area contributed by atoms with Crippen molar-refractivity contribution in [2.75, 3.05) is 26.4 Å². The Bertz CT molecular complexity index is 566. The molecule has 0 aromatic carbocycles. The second kappa shape index (κ2) is 11.3. The van der Waals surface area contributed by atoms with Crippen molar-refractivity contribution < 1.29 is 14.6 Å². The summed E-state index contributed by atoms with van der Waals surface area (Å²) >= 11 is 0. The van der Waals surface area contributed by atoms with Crippen LogP contribution in [0.3, 0.4) is 0 Å². The van der Waals surface area contributed by atoms with Gasteiger partial charge in [0, 0.05) is 12.1 Å². The number of hydrogen-bond acceptors (Lipinski definition) is 4.